The first kappa shape index (κ1) is 15.6. The van der Waals surface area contributed by atoms with Crippen molar-refractivity contribution in [3.8, 4) is 5.75 Å². The monoisotopic (exact) mass is 372 g/mol. The van der Waals surface area contributed by atoms with Gasteiger partial charge in [-0.3, -0.25) is 4.79 Å². The fourth-order valence-electron chi connectivity index (χ4n) is 1.66. The molecule has 0 aliphatic heterocycles. The molecule has 0 aliphatic carbocycles. The summed E-state index contributed by atoms with van der Waals surface area (Å²) in [5.74, 6) is -0.750. The van der Waals surface area contributed by atoms with E-state index in [1.54, 1.807) is 12.3 Å². The lowest BCUT2D eigenvalue weighted by Gasteiger charge is -2.09. The summed E-state index contributed by atoms with van der Waals surface area (Å²) in [6.45, 7) is 1.52. The molecule has 2 aromatic rings. The molecule has 0 bridgehead atoms. The molecule has 1 amide bonds. The molecular weight excluding hydrogens is 360 g/mol. The Morgan fingerprint density at radius 3 is 2.67 bits per heavy atom. The molecular formula is C13H13BrN2O4S. The van der Waals surface area contributed by atoms with Crippen molar-refractivity contribution < 1.29 is 18.3 Å². The average molecular weight is 373 g/mol. The van der Waals surface area contributed by atoms with E-state index in [0.29, 0.717) is 4.47 Å². The lowest BCUT2D eigenvalue weighted by Crippen LogP contribution is -2.13. The minimum absolute atomic E-state index is 0.0419. The molecule has 0 aliphatic rings. The van der Waals surface area contributed by atoms with Crippen LogP contribution in [0.2, 0.25) is 0 Å². The second kappa shape index (κ2) is 5.90. The summed E-state index contributed by atoms with van der Waals surface area (Å²) >= 11 is 3.21. The highest BCUT2D eigenvalue weighted by molar-refractivity contribution is 9.10. The third-order valence-electron chi connectivity index (χ3n) is 2.85. The predicted octanol–water partition coefficient (Wildman–Crippen LogP) is 2.53. The van der Waals surface area contributed by atoms with E-state index in [4.69, 9.17) is 0 Å². The van der Waals surface area contributed by atoms with E-state index in [1.807, 2.05) is 0 Å². The molecule has 8 heteroatoms. The zero-order chi connectivity index (χ0) is 15.6. The third kappa shape index (κ3) is 3.45. The number of halogens is 1. The first-order valence-electron chi connectivity index (χ1n) is 6.04. The summed E-state index contributed by atoms with van der Waals surface area (Å²) in [5, 5.41) is 12.2. The van der Waals surface area contributed by atoms with Crippen LogP contribution in [0.1, 0.15) is 17.4 Å². The SMILES string of the molecule is CCS(=O)(=O)c1ccc(O)c(NC(=O)c2cc(Br)c[nH]2)c1. The summed E-state index contributed by atoms with van der Waals surface area (Å²) in [5.41, 5.74) is 0.324. The van der Waals surface area contributed by atoms with Crippen molar-refractivity contribution >= 4 is 37.4 Å². The van der Waals surface area contributed by atoms with Crippen LogP contribution in [0.4, 0.5) is 5.69 Å². The van der Waals surface area contributed by atoms with Crippen LogP contribution in [0.25, 0.3) is 0 Å². The highest BCUT2D eigenvalue weighted by atomic mass is 79.9. The van der Waals surface area contributed by atoms with E-state index in [1.165, 1.54) is 25.1 Å². The molecule has 3 N–H and O–H groups in total. The van der Waals surface area contributed by atoms with Gasteiger partial charge in [0, 0.05) is 10.7 Å². The number of benzene rings is 1. The number of H-pyrrole nitrogens is 1. The molecule has 6 nitrogen and oxygen atoms in total. The average Bonchev–Trinajstić information content (AvgIpc) is 2.87. The number of rotatable bonds is 4. The molecule has 0 saturated heterocycles. The van der Waals surface area contributed by atoms with Gasteiger partial charge in [0.1, 0.15) is 11.4 Å². The highest BCUT2D eigenvalue weighted by Crippen LogP contribution is 2.27. The van der Waals surface area contributed by atoms with Gasteiger partial charge in [-0.1, -0.05) is 6.92 Å². The summed E-state index contributed by atoms with van der Waals surface area (Å²) in [7, 11) is -3.41. The molecule has 0 spiro atoms. The van der Waals surface area contributed by atoms with Crippen molar-refractivity contribution in [2.45, 2.75) is 11.8 Å². The van der Waals surface area contributed by atoms with Crippen LogP contribution in [0.3, 0.4) is 0 Å². The van der Waals surface area contributed by atoms with Crippen LogP contribution < -0.4 is 5.32 Å². The normalized spacial score (nSPS) is 11.3. The Morgan fingerprint density at radius 1 is 1.38 bits per heavy atom. The first-order chi connectivity index (χ1) is 9.83. The number of carbonyl (C=O) groups excluding carboxylic acids is 1. The van der Waals surface area contributed by atoms with Gasteiger partial charge in [-0.05, 0) is 40.2 Å². The number of sulfone groups is 1. The lowest BCUT2D eigenvalue weighted by atomic mass is 10.3. The Morgan fingerprint density at radius 2 is 2.10 bits per heavy atom. The largest absolute Gasteiger partial charge is 0.506 e. The zero-order valence-electron chi connectivity index (χ0n) is 11.1. The van der Waals surface area contributed by atoms with Gasteiger partial charge in [0.05, 0.1) is 16.3 Å². The van der Waals surface area contributed by atoms with Crippen molar-refractivity contribution in [1.82, 2.24) is 4.98 Å². The van der Waals surface area contributed by atoms with E-state index in [2.05, 4.69) is 26.2 Å². The smallest absolute Gasteiger partial charge is 0.272 e. The number of aromatic amines is 1. The highest BCUT2D eigenvalue weighted by Gasteiger charge is 2.16. The van der Waals surface area contributed by atoms with Gasteiger partial charge >= 0.3 is 0 Å². The number of phenolic OH excluding ortho intramolecular Hbond substituents is 1. The molecule has 2 rings (SSSR count). The van der Waals surface area contributed by atoms with Crippen molar-refractivity contribution in [1.29, 1.82) is 0 Å². The quantitative estimate of drug-likeness (QED) is 0.717. The molecule has 1 aromatic carbocycles. The molecule has 0 atom stereocenters. The van der Waals surface area contributed by atoms with Gasteiger partial charge in [0.15, 0.2) is 9.84 Å². The van der Waals surface area contributed by atoms with Crippen LogP contribution in [0.5, 0.6) is 5.75 Å². The van der Waals surface area contributed by atoms with Crippen LogP contribution in [-0.2, 0) is 9.84 Å². The number of hydrogen-bond acceptors (Lipinski definition) is 4. The number of anilines is 1. The van der Waals surface area contributed by atoms with Crippen LogP contribution in [-0.4, -0.2) is 30.2 Å². The second-order valence-corrected chi connectivity index (χ2v) is 7.46. The van der Waals surface area contributed by atoms with E-state index in [-0.39, 0.29) is 27.8 Å². The Balaban J connectivity index is 2.32. The van der Waals surface area contributed by atoms with Crippen LogP contribution >= 0.6 is 15.9 Å². The topological polar surface area (TPSA) is 99.3 Å². The van der Waals surface area contributed by atoms with Crippen molar-refractivity contribution in [3.63, 3.8) is 0 Å². The minimum Gasteiger partial charge on any atom is -0.506 e. The van der Waals surface area contributed by atoms with Crippen LogP contribution in [0.15, 0.2) is 39.8 Å². The molecule has 112 valence electrons. The fraction of sp³-hybridized carbons (Fsp3) is 0.154. The molecule has 1 heterocycles. The molecule has 0 unspecified atom stereocenters. The number of aromatic hydroxyl groups is 1. The number of aromatic nitrogens is 1. The minimum atomic E-state index is -3.41. The first-order valence-corrected chi connectivity index (χ1v) is 8.49. The maximum absolute atomic E-state index is 12.0. The molecule has 0 saturated carbocycles. The number of amides is 1. The van der Waals surface area contributed by atoms with Gasteiger partial charge in [-0.25, -0.2) is 8.42 Å². The zero-order valence-corrected chi connectivity index (χ0v) is 13.5. The van der Waals surface area contributed by atoms with Crippen molar-refractivity contribution in [2.75, 3.05) is 11.1 Å². The summed E-state index contributed by atoms with van der Waals surface area (Å²) in [4.78, 5) is 14.8. The Bertz CT molecular complexity index is 783. The Hall–Kier alpha value is -1.80. The van der Waals surface area contributed by atoms with Crippen LogP contribution in [0, 0.1) is 0 Å². The van der Waals surface area contributed by atoms with Crippen molar-refractivity contribution in [2.24, 2.45) is 0 Å². The number of carbonyl (C=O) groups is 1. The lowest BCUT2D eigenvalue weighted by molar-refractivity contribution is 0.102. The maximum Gasteiger partial charge on any atom is 0.272 e. The fourth-order valence-corrected chi connectivity index (χ4v) is 2.91. The van der Waals surface area contributed by atoms with Gasteiger partial charge in [-0.2, -0.15) is 0 Å². The van der Waals surface area contributed by atoms with Gasteiger partial charge in [0.25, 0.3) is 5.91 Å². The van der Waals surface area contributed by atoms with Gasteiger partial charge < -0.3 is 15.4 Å². The Kier molecular flexibility index (Phi) is 4.38. The molecule has 0 radical (unpaired) electrons. The van der Waals surface area contributed by atoms with E-state index < -0.39 is 15.7 Å². The number of nitrogens with one attached hydrogen (secondary N) is 2. The molecule has 21 heavy (non-hydrogen) atoms. The number of hydrogen-bond donors (Lipinski definition) is 3. The number of phenols is 1. The summed E-state index contributed by atoms with van der Waals surface area (Å²) in [6.07, 6.45) is 1.59. The van der Waals surface area contributed by atoms with E-state index in [9.17, 15) is 18.3 Å². The predicted molar refractivity (Wildman–Crippen MR) is 82.3 cm³/mol. The van der Waals surface area contributed by atoms with Crippen molar-refractivity contribution in [3.05, 3.63) is 40.6 Å². The molecule has 1 aromatic heterocycles. The molecule has 0 fully saturated rings. The van der Waals surface area contributed by atoms with Gasteiger partial charge in [-0.15, -0.1) is 0 Å². The summed E-state index contributed by atoms with van der Waals surface area (Å²) < 4.78 is 24.3. The second-order valence-electron chi connectivity index (χ2n) is 4.27. The third-order valence-corrected chi connectivity index (χ3v) is 5.04. The van der Waals surface area contributed by atoms with E-state index >= 15 is 0 Å². The van der Waals surface area contributed by atoms with E-state index in [0.717, 1.165) is 0 Å². The Labute approximate surface area is 130 Å². The van der Waals surface area contributed by atoms with Gasteiger partial charge in [0.2, 0.25) is 0 Å². The maximum atomic E-state index is 12.0. The summed E-state index contributed by atoms with van der Waals surface area (Å²) in [6, 6.07) is 5.35. The standard InChI is InChI=1S/C13H13BrN2O4S/c1-2-21(19,20)9-3-4-12(17)10(6-9)16-13(18)11-5-8(14)7-15-11/h3-7,15,17H,2H2,1H3,(H,16,18).